The van der Waals surface area contributed by atoms with Gasteiger partial charge in [-0.05, 0) is 93.3 Å². The van der Waals surface area contributed by atoms with Crippen LogP contribution in [0.3, 0.4) is 0 Å². The predicted molar refractivity (Wildman–Crippen MR) is 139 cm³/mol. The van der Waals surface area contributed by atoms with E-state index in [9.17, 15) is 0 Å². The fourth-order valence-corrected chi connectivity index (χ4v) is 2.47. The van der Waals surface area contributed by atoms with Gasteiger partial charge in [0.1, 0.15) is 0 Å². The maximum absolute atomic E-state index is 4.35. The molecule has 4 rings (SSSR count). The van der Waals surface area contributed by atoms with E-state index in [4.69, 9.17) is 0 Å². The van der Waals surface area contributed by atoms with E-state index in [-0.39, 0.29) is 5.41 Å². The number of hydrogen-bond acceptors (Lipinski definition) is 4. The zero-order chi connectivity index (χ0) is 24.7. The van der Waals surface area contributed by atoms with E-state index < -0.39 is 0 Å². The third-order valence-electron chi connectivity index (χ3n) is 4.39. The lowest BCUT2D eigenvalue weighted by atomic mass is 9.91. The Kier molecular flexibility index (Phi) is 12.2. The van der Waals surface area contributed by atoms with Crippen LogP contribution < -0.4 is 0 Å². The molecule has 0 fully saturated rings. The van der Waals surface area contributed by atoms with Crippen molar-refractivity contribution >= 4 is 0 Å². The highest BCUT2D eigenvalue weighted by Gasteiger charge is 2.13. The number of nitrogens with zero attached hydrogens (tertiary/aromatic N) is 4. The summed E-state index contributed by atoms with van der Waals surface area (Å²) in [5.74, 6) is 0. The standard InChI is InChI=1S/C10H15N.C7H9N.2C6H7N/c1-8-5-6-9(11-7-8)10(2,3)4;1-6-3-4-8-7(2)5-6;1-6-2-4-7-5-3-6;1-6-3-2-4-7-5-6/h5-7H,1-4H3;3-5H,1-2H3;2*2-5H,1H3. The summed E-state index contributed by atoms with van der Waals surface area (Å²) in [6, 6.07) is 16.1. The molecule has 0 atom stereocenters. The first-order valence-electron chi connectivity index (χ1n) is 11.1. The molecule has 0 aliphatic rings. The summed E-state index contributed by atoms with van der Waals surface area (Å²) < 4.78 is 0. The molecule has 0 aliphatic carbocycles. The van der Waals surface area contributed by atoms with E-state index in [1.165, 1.54) is 22.3 Å². The van der Waals surface area contributed by atoms with E-state index in [1.807, 2.05) is 69.7 Å². The van der Waals surface area contributed by atoms with Crippen molar-refractivity contribution in [2.75, 3.05) is 0 Å². The topological polar surface area (TPSA) is 51.6 Å². The average molecular weight is 443 g/mol. The maximum Gasteiger partial charge on any atom is 0.0457 e. The number of aromatic nitrogens is 4. The van der Waals surface area contributed by atoms with Crippen LogP contribution in [0.4, 0.5) is 0 Å². The van der Waals surface area contributed by atoms with Gasteiger partial charge in [-0.3, -0.25) is 19.9 Å². The fourth-order valence-electron chi connectivity index (χ4n) is 2.47. The molecule has 0 bridgehead atoms. The van der Waals surface area contributed by atoms with Crippen molar-refractivity contribution in [3.8, 4) is 0 Å². The molecular weight excluding hydrogens is 404 g/mol. The second-order valence-corrected chi connectivity index (χ2v) is 9.00. The fraction of sp³-hybridized carbons (Fsp3) is 0.310. The van der Waals surface area contributed by atoms with E-state index in [2.05, 4.69) is 72.8 Å². The van der Waals surface area contributed by atoms with Crippen molar-refractivity contribution in [1.82, 2.24) is 19.9 Å². The molecular formula is C29H38N4. The Morgan fingerprint density at radius 3 is 1.52 bits per heavy atom. The third-order valence-corrected chi connectivity index (χ3v) is 4.39. The third kappa shape index (κ3) is 13.6. The van der Waals surface area contributed by atoms with E-state index in [0.717, 1.165) is 11.4 Å². The monoisotopic (exact) mass is 442 g/mol. The van der Waals surface area contributed by atoms with Crippen LogP contribution in [0.25, 0.3) is 0 Å². The molecule has 33 heavy (non-hydrogen) atoms. The lowest BCUT2D eigenvalue weighted by Gasteiger charge is -2.16. The van der Waals surface area contributed by atoms with Crippen LogP contribution in [0, 0.1) is 34.6 Å². The molecule has 0 unspecified atom stereocenters. The van der Waals surface area contributed by atoms with Gasteiger partial charge in [-0.15, -0.1) is 0 Å². The van der Waals surface area contributed by atoms with Crippen molar-refractivity contribution in [1.29, 1.82) is 0 Å². The van der Waals surface area contributed by atoms with Gasteiger partial charge < -0.3 is 0 Å². The van der Waals surface area contributed by atoms with Gasteiger partial charge >= 0.3 is 0 Å². The van der Waals surface area contributed by atoms with Gasteiger partial charge in [0, 0.05) is 54.0 Å². The Balaban J connectivity index is 0.000000224. The lowest BCUT2D eigenvalue weighted by molar-refractivity contribution is 0.568. The molecule has 0 aromatic carbocycles. The molecule has 4 heterocycles. The number of hydrogen-bond donors (Lipinski definition) is 0. The smallest absolute Gasteiger partial charge is 0.0457 e. The largest absolute Gasteiger partial charge is 0.265 e. The van der Waals surface area contributed by atoms with E-state index in [0.29, 0.717) is 0 Å². The molecule has 0 N–H and O–H groups in total. The van der Waals surface area contributed by atoms with Crippen molar-refractivity contribution < 1.29 is 0 Å². The Hall–Kier alpha value is -3.40. The van der Waals surface area contributed by atoms with Gasteiger partial charge in [0.25, 0.3) is 0 Å². The quantitative estimate of drug-likeness (QED) is 0.290. The summed E-state index contributed by atoms with van der Waals surface area (Å²) in [7, 11) is 0. The van der Waals surface area contributed by atoms with Crippen molar-refractivity contribution in [3.63, 3.8) is 0 Å². The average Bonchev–Trinajstić information content (AvgIpc) is 2.76. The summed E-state index contributed by atoms with van der Waals surface area (Å²) in [5, 5.41) is 0. The Bertz CT molecular complexity index is 968. The summed E-state index contributed by atoms with van der Waals surface area (Å²) >= 11 is 0. The summed E-state index contributed by atoms with van der Waals surface area (Å²) in [4.78, 5) is 16.1. The lowest BCUT2D eigenvalue weighted by Crippen LogP contribution is -2.12. The highest BCUT2D eigenvalue weighted by Crippen LogP contribution is 2.19. The molecule has 0 aliphatic heterocycles. The van der Waals surface area contributed by atoms with E-state index in [1.54, 1.807) is 18.6 Å². The summed E-state index contributed by atoms with van der Waals surface area (Å²) in [6.07, 6.45) is 10.9. The SMILES string of the molecule is Cc1ccc(C(C)(C)C)nc1.Cc1cccnc1.Cc1ccnc(C)c1.Cc1ccncc1. The minimum Gasteiger partial charge on any atom is -0.265 e. The van der Waals surface area contributed by atoms with E-state index >= 15 is 0 Å². The molecule has 0 amide bonds. The van der Waals surface area contributed by atoms with Crippen LogP contribution in [-0.2, 0) is 5.41 Å². The van der Waals surface area contributed by atoms with Gasteiger partial charge in [0.15, 0.2) is 0 Å². The first-order valence-corrected chi connectivity index (χ1v) is 11.1. The van der Waals surface area contributed by atoms with Gasteiger partial charge in [0.2, 0.25) is 0 Å². The van der Waals surface area contributed by atoms with Crippen LogP contribution in [0.1, 0.15) is 54.4 Å². The van der Waals surface area contributed by atoms with Gasteiger partial charge in [-0.2, -0.15) is 0 Å². The highest BCUT2D eigenvalue weighted by molar-refractivity contribution is 5.17. The molecule has 0 saturated carbocycles. The normalized spacial score (nSPS) is 9.82. The molecule has 4 aromatic heterocycles. The van der Waals surface area contributed by atoms with Crippen LogP contribution in [0.15, 0.2) is 85.7 Å². The second kappa shape index (κ2) is 14.6. The zero-order valence-electron chi connectivity index (χ0n) is 21.4. The van der Waals surface area contributed by atoms with Gasteiger partial charge in [-0.1, -0.05) is 32.9 Å². The predicted octanol–water partition coefficient (Wildman–Crippen LogP) is 7.17. The van der Waals surface area contributed by atoms with Gasteiger partial charge in [0.05, 0.1) is 0 Å². The molecule has 174 valence electrons. The van der Waals surface area contributed by atoms with Crippen molar-refractivity contribution in [3.05, 3.63) is 119 Å². The molecule has 0 saturated heterocycles. The minimum absolute atomic E-state index is 0.174. The van der Waals surface area contributed by atoms with Crippen molar-refractivity contribution in [2.45, 2.75) is 60.8 Å². The van der Waals surface area contributed by atoms with Crippen LogP contribution >= 0.6 is 0 Å². The number of rotatable bonds is 0. The summed E-state index contributed by atoms with van der Waals surface area (Å²) in [6.45, 7) is 16.7. The second-order valence-electron chi connectivity index (χ2n) is 9.00. The Morgan fingerprint density at radius 1 is 0.545 bits per heavy atom. The number of pyridine rings is 4. The van der Waals surface area contributed by atoms with Gasteiger partial charge in [-0.25, -0.2) is 0 Å². The maximum atomic E-state index is 4.35. The number of aryl methyl sites for hydroxylation is 5. The van der Waals surface area contributed by atoms with Crippen molar-refractivity contribution in [2.24, 2.45) is 0 Å². The zero-order valence-corrected chi connectivity index (χ0v) is 21.4. The molecule has 4 aromatic rings. The molecule has 0 radical (unpaired) electrons. The van der Waals surface area contributed by atoms with Crippen LogP contribution in [0.5, 0.6) is 0 Å². The first kappa shape index (κ1) is 27.6. The Labute approximate surface area is 200 Å². The minimum atomic E-state index is 0.174. The molecule has 4 heteroatoms. The summed E-state index contributed by atoms with van der Waals surface area (Å²) in [5.41, 5.74) is 7.38. The Morgan fingerprint density at radius 2 is 1.18 bits per heavy atom. The first-order chi connectivity index (χ1) is 15.6. The van der Waals surface area contributed by atoms with Crippen LogP contribution in [0.2, 0.25) is 0 Å². The molecule has 0 spiro atoms. The highest BCUT2D eigenvalue weighted by atomic mass is 14.7. The van der Waals surface area contributed by atoms with Crippen LogP contribution in [-0.4, -0.2) is 19.9 Å². The molecule has 4 nitrogen and oxygen atoms in total.